The number of rotatable bonds is 2. The van der Waals surface area contributed by atoms with Crippen molar-refractivity contribution in [3.63, 3.8) is 0 Å². The van der Waals surface area contributed by atoms with Gasteiger partial charge in [-0.05, 0) is 36.8 Å². The summed E-state index contributed by atoms with van der Waals surface area (Å²) < 4.78 is 0. The van der Waals surface area contributed by atoms with Crippen LogP contribution in [0.4, 0.5) is 5.69 Å². The lowest BCUT2D eigenvalue weighted by molar-refractivity contribution is 0.224. The summed E-state index contributed by atoms with van der Waals surface area (Å²) >= 11 is 1.61. The first-order valence-corrected chi connectivity index (χ1v) is 5.58. The van der Waals surface area contributed by atoms with Gasteiger partial charge in [-0.15, -0.1) is 11.3 Å². The number of hydrogen-bond donors (Lipinski definition) is 2. The Bertz CT molecular complexity index is 447. The average Bonchev–Trinajstić information content (AvgIpc) is 2.65. The fourth-order valence-electron chi connectivity index (χ4n) is 1.44. The van der Waals surface area contributed by atoms with Crippen LogP contribution in [0, 0.1) is 6.92 Å². The minimum atomic E-state index is -0.538. The van der Waals surface area contributed by atoms with Crippen LogP contribution >= 0.6 is 11.3 Å². The van der Waals surface area contributed by atoms with Gasteiger partial charge in [-0.2, -0.15) is 0 Å². The van der Waals surface area contributed by atoms with Crippen molar-refractivity contribution in [1.82, 2.24) is 0 Å². The first-order valence-electron chi connectivity index (χ1n) is 4.76. The van der Waals surface area contributed by atoms with Crippen LogP contribution in [-0.2, 0) is 0 Å². The molecule has 1 heterocycles. The van der Waals surface area contributed by atoms with E-state index >= 15 is 0 Å². The number of thiophene rings is 1. The zero-order valence-electron chi connectivity index (χ0n) is 8.47. The number of aryl methyl sites for hydroxylation is 1. The van der Waals surface area contributed by atoms with Gasteiger partial charge in [0.05, 0.1) is 0 Å². The van der Waals surface area contributed by atoms with Crippen molar-refractivity contribution >= 4 is 17.0 Å². The van der Waals surface area contributed by atoms with Gasteiger partial charge in [0, 0.05) is 15.4 Å². The van der Waals surface area contributed by atoms with Gasteiger partial charge in [0.2, 0.25) is 0 Å². The summed E-state index contributed by atoms with van der Waals surface area (Å²) in [6.07, 6.45) is -0.538. The third-order valence-electron chi connectivity index (χ3n) is 2.28. The molecule has 1 unspecified atom stereocenters. The Morgan fingerprint density at radius 1 is 1.13 bits per heavy atom. The molecule has 0 aliphatic carbocycles. The summed E-state index contributed by atoms with van der Waals surface area (Å²) in [5.41, 5.74) is 7.19. The zero-order chi connectivity index (χ0) is 10.8. The Labute approximate surface area is 93.0 Å². The molecule has 1 aromatic carbocycles. The highest BCUT2D eigenvalue weighted by Crippen LogP contribution is 2.28. The highest BCUT2D eigenvalue weighted by atomic mass is 32.1. The Kier molecular flexibility index (Phi) is 2.75. The van der Waals surface area contributed by atoms with Crippen LogP contribution < -0.4 is 5.73 Å². The minimum Gasteiger partial charge on any atom is -0.399 e. The molecule has 3 N–H and O–H groups in total. The molecule has 0 aliphatic heterocycles. The predicted molar refractivity (Wildman–Crippen MR) is 64.0 cm³/mol. The van der Waals surface area contributed by atoms with Gasteiger partial charge in [0.25, 0.3) is 0 Å². The topological polar surface area (TPSA) is 46.2 Å². The molecule has 0 fully saturated rings. The van der Waals surface area contributed by atoms with Crippen molar-refractivity contribution in [2.24, 2.45) is 0 Å². The molecular weight excluding hydrogens is 206 g/mol. The van der Waals surface area contributed by atoms with E-state index in [9.17, 15) is 5.11 Å². The molecule has 0 saturated carbocycles. The number of nitrogens with two attached hydrogens (primary N) is 1. The largest absolute Gasteiger partial charge is 0.399 e. The van der Waals surface area contributed by atoms with E-state index < -0.39 is 6.10 Å². The summed E-state index contributed by atoms with van der Waals surface area (Å²) in [7, 11) is 0. The SMILES string of the molecule is Cc1ccc(C(O)c2ccc(N)cc2)s1. The van der Waals surface area contributed by atoms with Crippen molar-refractivity contribution in [3.05, 3.63) is 51.7 Å². The van der Waals surface area contributed by atoms with Crippen LogP contribution in [0.1, 0.15) is 21.4 Å². The molecular formula is C12H13NOS. The summed E-state index contributed by atoms with van der Waals surface area (Å²) in [6.45, 7) is 2.03. The Morgan fingerprint density at radius 3 is 2.33 bits per heavy atom. The van der Waals surface area contributed by atoms with Crippen LogP contribution in [-0.4, -0.2) is 5.11 Å². The van der Waals surface area contributed by atoms with E-state index in [0.29, 0.717) is 5.69 Å². The smallest absolute Gasteiger partial charge is 0.113 e. The molecule has 0 radical (unpaired) electrons. The van der Waals surface area contributed by atoms with E-state index in [1.54, 1.807) is 23.5 Å². The van der Waals surface area contributed by atoms with Crippen molar-refractivity contribution in [2.45, 2.75) is 13.0 Å². The second-order valence-corrected chi connectivity index (χ2v) is 4.84. The van der Waals surface area contributed by atoms with Gasteiger partial charge in [0.15, 0.2) is 0 Å². The molecule has 2 rings (SSSR count). The first kappa shape index (κ1) is 10.2. The van der Waals surface area contributed by atoms with Gasteiger partial charge >= 0.3 is 0 Å². The van der Waals surface area contributed by atoms with Gasteiger partial charge in [-0.3, -0.25) is 0 Å². The predicted octanol–water partition coefficient (Wildman–Crippen LogP) is 2.72. The summed E-state index contributed by atoms with van der Waals surface area (Å²) in [5.74, 6) is 0. The molecule has 0 saturated heterocycles. The molecule has 0 bridgehead atoms. The quantitative estimate of drug-likeness (QED) is 0.763. The lowest BCUT2D eigenvalue weighted by Crippen LogP contribution is -1.97. The molecule has 78 valence electrons. The highest BCUT2D eigenvalue weighted by Gasteiger charge is 2.11. The van der Waals surface area contributed by atoms with Crippen LogP contribution in [0.2, 0.25) is 0 Å². The van der Waals surface area contributed by atoms with Crippen LogP contribution in [0.3, 0.4) is 0 Å². The highest BCUT2D eigenvalue weighted by molar-refractivity contribution is 7.12. The number of hydrogen-bond acceptors (Lipinski definition) is 3. The molecule has 3 heteroatoms. The van der Waals surface area contributed by atoms with Gasteiger partial charge < -0.3 is 10.8 Å². The number of anilines is 1. The maximum atomic E-state index is 10.1. The molecule has 1 atom stereocenters. The van der Waals surface area contributed by atoms with Crippen molar-refractivity contribution in [3.8, 4) is 0 Å². The number of nitrogen functional groups attached to an aromatic ring is 1. The number of benzene rings is 1. The van der Waals surface area contributed by atoms with E-state index in [1.165, 1.54) is 4.88 Å². The summed E-state index contributed by atoms with van der Waals surface area (Å²) in [6, 6.07) is 11.3. The van der Waals surface area contributed by atoms with Crippen LogP contribution in [0.25, 0.3) is 0 Å². The molecule has 2 nitrogen and oxygen atoms in total. The second kappa shape index (κ2) is 4.04. The molecule has 0 aliphatic rings. The Morgan fingerprint density at radius 2 is 1.80 bits per heavy atom. The third kappa shape index (κ3) is 2.19. The fourth-order valence-corrected chi connectivity index (χ4v) is 2.33. The normalized spacial score (nSPS) is 12.7. The van der Waals surface area contributed by atoms with Crippen molar-refractivity contribution in [1.29, 1.82) is 0 Å². The molecule has 1 aromatic heterocycles. The lowest BCUT2D eigenvalue weighted by atomic mass is 10.1. The number of aliphatic hydroxyl groups excluding tert-OH is 1. The van der Waals surface area contributed by atoms with Crippen LogP contribution in [0.5, 0.6) is 0 Å². The Hall–Kier alpha value is -1.32. The fraction of sp³-hybridized carbons (Fsp3) is 0.167. The van der Waals surface area contributed by atoms with E-state index in [1.807, 2.05) is 31.2 Å². The first-order chi connectivity index (χ1) is 7.16. The van der Waals surface area contributed by atoms with Gasteiger partial charge in [-0.25, -0.2) is 0 Å². The monoisotopic (exact) mass is 219 g/mol. The van der Waals surface area contributed by atoms with Crippen LogP contribution in [0.15, 0.2) is 36.4 Å². The maximum Gasteiger partial charge on any atom is 0.113 e. The average molecular weight is 219 g/mol. The van der Waals surface area contributed by atoms with E-state index in [0.717, 1.165) is 10.4 Å². The molecule has 15 heavy (non-hydrogen) atoms. The van der Waals surface area contributed by atoms with Crippen molar-refractivity contribution < 1.29 is 5.11 Å². The lowest BCUT2D eigenvalue weighted by Gasteiger charge is -2.08. The minimum absolute atomic E-state index is 0.538. The standard InChI is InChI=1S/C12H13NOS/c1-8-2-7-11(15-8)12(14)9-3-5-10(13)6-4-9/h2-7,12,14H,13H2,1H3. The summed E-state index contributed by atoms with van der Waals surface area (Å²) in [4.78, 5) is 2.18. The van der Waals surface area contributed by atoms with E-state index in [2.05, 4.69) is 0 Å². The molecule has 2 aromatic rings. The van der Waals surface area contributed by atoms with Crippen molar-refractivity contribution in [2.75, 3.05) is 5.73 Å². The maximum absolute atomic E-state index is 10.1. The molecule has 0 amide bonds. The van der Waals surface area contributed by atoms with Gasteiger partial charge in [0.1, 0.15) is 6.10 Å². The zero-order valence-corrected chi connectivity index (χ0v) is 9.29. The third-order valence-corrected chi connectivity index (χ3v) is 3.34. The number of aliphatic hydroxyl groups is 1. The Balaban J connectivity index is 2.28. The van der Waals surface area contributed by atoms with E-state index in [-0.39, 0.29) is 0 Å². The molecule has 0 spiro atoms. The van der Waals surface area contributed by atoms with Gasteiger partial charge in [-0.1, -0.05) is 12.1 Å². The summed E-state index contributed by atoms with van der Waals surface area (Å²) in [5, 5.41) is 10.1. The van der Waals surface area contributed by atoms with E-state index in [4.69, 9.17) is 5.73 Å². The second-order valence-electron chi connectivity index (χ2n) is 3.52.